The topological polar surface area (TPSA) is 76.5 Å². The monoisotopic (exact) mass is 201 g/mol. The quantitative estimate of drug-likeness (QED) is 0.735. The van der Waals surface area contributed by atoms with Crippen LogP contribution in [-0.4, -0.2) is 18.0 Å². The summed E-state index contributed by atoms with van der Waals surface area (Å²) in [4.78, 5) is 3.81. The van der Waals surface area contributed by atoms with Crippen molar-refractivity contribution in [2.75, 3.05) is 0 Å². The molecule has 0 saturated carbocycles. The molecule has 5 nitrogen and oxygen atoms in total. The first-order chi connectivity index (χ1) is 6.01. The standard InChI is InChI=1S/C7H7NO4S/c1-2-6-5-7(3-4-8-6)12-13(9,10)11/h2-5H,1H2,(H,9,10,11). The van der Waals surface area contributed by atoms with Gasteiger partial charge in [0.15, 0.2) is 0 Å². The van der Waals surface area contributed by atoms with Gasteiger partial charge in [-0.1, -0.05) is 6.58 Å². The molecule has 1 N–H and O–H groups in total. The molecular formula is C7H7NO4S. The van der Waals surface area contributed by atoms with Crippen LogP contribution in [0.4, 0.5) is 0 Å². The van der Waals surface area contributed by atoms with Crippen LogP contribution in [0.1, 0.15) is 5.69 Å². The molecule has 70 valence electrons. The molecule has 0 aromatic carbocycles. The van der Waals surface area contributed by atoms with Gasteiger partial charge in [-0.15, -0.1) is 0 Å². The van der Waals surface area contributed by atoms with Crippen LogP contribution in [-0.2, 0) is 10.4 Å². The zero-order valence-electron chi connectivity index (χ0n) is 6.54. The van der Waals surface area contributed by atoms with Crippen molar-refractivity contribution in [2.24, 2.45) is 0 Å². The van der Waals surface area contributed by atoms with Crippen LogP contribution < -0.4 is 4.18 Å². The molecule has 1 aromatic heterocycles. The van der Waals surface area contributed by atoms with E-state index in [2.05, 4.69) is 15.7 Å². The highest BCUT2D eigenvalue weighted by Crippen LogP contribution is 2.12. The van der Waals surface area contributed by atoms with Gasteiger partial charge in [0.2, 0.25) is 0 Å². The molecule has 0 aliphatic rings. The molecule has 0 radical (unpaired) electrons. The third-order valence-electron chi connectivity index (χ3n) is 1.16. The molecule has 13 heavy (non-hydrogen) atoms. The SMILES string of the molecule is C=Cc1cc(OS(=O)(=O)O)ccn1. The van der Waals surface area contributed by atoms with E-state index in [0.29, 0.717) is 5.69 Å². The van der Waals surface area contributed by atoms with Crippen LogP contribution in [0.2, 0.25) is 0 Å². The van der Waals surface area contributed by atoms with Gasteiger partial charge in [0, 0.05) is 18.3 Å². The number of pyridine rings is 1. The molecule has 0 amide bonds. The molecule has 0 fully saturated rings. The Hall–Kier alpha value is -1.40. The van der Waals surface area contributed by atoms with Crippen molar-refractivity contribution in [3.8, 4) is 5.75 Å². The van der Waals surface area contributed by atoms with Crippen molar-refractivity contribution in [1.82, 2.24) is 4.98 Å². The van der Waals surface area contributed by atoms with Crippen molar-refractivity contribution in [1.29, 1.82) is 0 Å². The highest BCUT2D eigenvalue weighted by molar-refractivity contribution is 7.81. The highest BCUT2D eigenvalue weighted by Gasteiger charge is 2.06. The Labute approximate surface area is 75.6 Å². The molecule has 0 atom stereocenters. The van der Waals surface area contributed by atoms with Crippen molar-refractivity contribution in [3.05, 3.63) is 30.6 Å². The van der Waals surface area contributed by atoms with Crippen molar-refractivity contribution in [2.45, 2.75) is 0 Å². The molecule has 0 bridgehead atoms. The number of rotatable bonds is 3. The van der Waals surface area contributed by atoms with E-state index >= 15 is 0 Å². The Morgan fingerprint density at radius 2 is 2.31 bits per heavy atom. The molecule has 1 heterocycles. The van der Waals surface area contributed by atoms with Gasteiger partial charge in [0.1, 0.15) is 5.75 Å². The van der Waals surface area contributed by atoms with Gasteiger partial charge in [-0.25, -0.2) is 0 Å². The van der Waals surface area contributed by atoms with E-state index in [1.54, 1.807) is 0 Å². The number of hydrogen-bond donors (Lipinski definition) is 1. The Kier molecular flexibility index (Phi) is 2.64. The van der Waals surface area contributed by atoms with E-state index < -0.39 is 10.4 Å². The first-order valence-electron chi connectivity index (χ1n) is 3.26. The Morgan fingerprint density at radius 1 is 1.62 bits per heavy atom. The molecule has 0 saturated heterocycles. The normalized spacial score (nSPS) is 10.8. The van der Waals surface area contributed by atoms with Gasteiger partial charge in [0.05, 0.1) is 5.69 Å². The predicted octanol–water partition coefficient (Wildman–Crippen LogP) is 0.906. The molecule has 0 aliphatic heterocycles. The highest BCUT2D eigenvalue weighted by atomic mass is 32.3. The summed E-state index contributed by atoms with van der Waals surface area (Å²) in [7, 11) is -4.46. The van der Waals surface area contributed by atoms with Gasteiger partial charge >= 0.3 is 10.4 Å². The van der Waals surface area contributed by atoms with Crippen LogP contribution in [0.3, 0.4) is 0 Å². The third kappa shape index (κ3) is 3.22. The second-order valence-corrected chi connectivity index (χ2v) is 3.15. The molecule has 6 heteroatoms. The average molecular weight is 201 g/mol. The largest absolute Gasteiger partial charge is 0.446 e. The summed E-state index contributed by atoms with van der Waals surface area (Å²) >= 11 is 0. The van der Waals surface area contributed by atoms with Crippen molar-refractivity contribution >= 4 is 16.5 Å². The minimum atomic E-state index is -4.46. The average Bonchev–Trinajstić information content (AvgIpc) is 2.01. The summed E-state index contributed by atoms with van der Waals surface area (Å²) in [5, 5.41) is 0. The number of nitrogens with zero attached hydrogens (tertiary/aromatic N) is 1. The lowest BCUT2D eigenvalue weighted by Gasteiger charge is -2.00. The van der Waals surface area contributed by atoms with Gasteiger partial charge in [-0.2, -0.15) is 8.42 Å². The van der Waals surface area contributed by atoms with E-state index in [1.165, 1.54) is 24.4 Å². The second-order valence-electron chi connectivity index (χ2n) is 2.13. The predicted molar refractivity (Wildman–Crippen MR) is 46.5 cm³/mol. The van der Waals surface area contributed by atoms with Gasteiger partial charge < -0.3 is 4.18 Å². The van der Waals surface area contributed by atoms with Crippen LogP contribution in [0, 0.1) is 0 Å². The zero-order chi connectivity index (χ0) is 9.90. The molecule has 0 aliphatic carbocycles. The van der Waals surface area contributed by atoms with E-state index in [-0.39, 0.29) is 5.75 Å². The molecule has 1 aromatic rings. The Bertz CT molecular complexity index is 412. The van der Waals surface area contributed by atoms with Crippen molar-refractivity contribution < 1.29 is 17.2 Å². The minimum Gasteiger partial charge on any atom is -0.362 e. The Morgan fingerprint density at radius 3 is 2.85 bits per heavy atom. The van der Waals surface area contributed by atoms with Crippen molar-refractivity contribution in [3.63, 3.8) is 0 Å². The summed E-state index contributed by atoms with van der Waals surface area (Å²) in [6.45, 7) is 3.44. The third-order valence-corrected chi connectivity index (χ3v) is 1.57. The van der Waals surface area contributed by atoms with Gasteiger partial charge in [-0.3, -0.25) is 9.54 Å². The summed E-state index contributed by atoms with van der Waals surface area (Å²) in [6, 6.07) is 2.64. The summed E-state index contributed by atoms with van der Waals surface area (Å²) in [5.74, 6) is -0.00704. The summed E-state index contributed by atoms with van der Waals surface area (Å²) in [6.07, 6.45) is 2.77. The van der Waals surface area contributed by atoms with Crippen LogP contribution in [0.15, 0.2) is 24.9 Å². The van der Waals surface area contributed by atoms with Crippen LogP contribution in [0.5, 0.6) is 5.75 Å². The smallest absolute Gasteiger partial charge is 0.362 e. The summed E-state index contributed by atoms with van der Waals surface area (Å²) in [5.41, 5.74) is 0.459. The molecular weight excluding hydrogens is 194 g/mol. The maximum Gasteiger partial charge on any atom is 0.446 e. The zero-order valence-corrected chi connectivity index (χ0v) is 7.36. The van der Waals surface area contributed by atoms with Gasteiger partial charge in [0.25, 0.3) is 0 Å². The van der Waals surface area contributed by atoms with Crippen LogP contribution in [0.25, 0.3) is 6.08 Å². The maximum absolute atomic E-state index is 10.3. The fourth-order valence-corrected chi connectivity index (χ4v) is 1.06. The minimum absolute atomic E-state index is 0.00704. The van der Waals surface area contributed by atoms with Crippen LogP contribution >= 0.6 is 0 Å². The Balaban J connectivity index is 2.96. The lowest BCUT2D eigenvalue weighted by Crippen LogP contribution is -2.06. The fraction of sp³-hybridized carbons (Fsp3) is 0. The number of aromatic nitrogens is 1. The fourth-order valence-electron chi connectivity index (χ4n) is 0.713. The molecule has 0 spiro atoms. The van der Waals surface area contributed by atoms with E-state index in [1.807, 2.05) is 0 Å². The van der Waals surface area contributed by atoms with E-state index in [9.17, 15) is 8.42 Å². The molecule has 0 unspecified atom stereocenters. The molecule has 1 rings (SSSR count). The lowest BCUT2D eigenvalue weighted by molar-refractivity contribution is 0.386. The van der Waals surface area contributed by atoms with E-state index in [4.69, 9.17) is 4.55 Å². The lowest BCUT2D eigenvalue weighted by atomic mass is 10.3. The van der Waals surface area contributed by atoms with Gasteiger partial charge in [-0.05, 0) is 6.08 Å². The first-order valence-corrected chi connectivity index (χ1v) is 4.63. The second kappa shape index (κ2) is 3.55. The van der Waals surface area contributed by atoms with E-state index in [0.717, 1.165) is 0 Å². The maximum atomic E-state index is 10.3. The number of hydrogen-bond acceptors (Lipinski definition) is 4. The summed E-state index contributed by atoms with van der Waals surface area (Å²) < 4.78 is 33.1. The first kappa shape index (κ1) is 9.69.